The van der Waals surface area contributed by atoms with E-state index in [1.807, 2.05) is 11.9 Å². The summed E-state index contributed by atoms with van der Waals surface area (Å²) in [6.45, 7) is 2.25. The molecule has 0 bridgehead atoms. The molecule has 1 aromatic rings. The number of halogens is 3. The second kappa shape index (κ2) is 8.67. The van der Waals surface area contributed by atoms with E-state index in [1.165, 1.54) is 12.1 Å². The molecular weight excluding hydrogens is 333 g/mol. The molecule has 1 aliphatic heterocycles. The third-order valence-corrected chi connectivity index (χ3v) is 4.65. The number of carbonyl (C=O) groups excluding carboxylic acids is 1. The van der Waals surface area contributed by atoms with Gasteiger partial charge in [0.2, 0.25) is 5.91 Å². The summed E-state index contributed by atoms with van der Waals surface area (Å²) in [6, 6.07) is 5.73. The molecule has 1 fully saturated rings. The van der Waals surface area contributed by atoms with E-state index in [1.54, 1.807) is 13.2 Å². The third-order valence-electron chi connectivity index (χ3n) is 4.65. The van der Waals surface area contributed by atoms with Crippen LogP contribution in [0.1, 0.15) is 30.4 Å². The van der Waals surface area contributed by atoms with Crippen molar-refractivity contribution in [2.75, 3.05) is 33.9 Å². The fraction of sp³-hybridized carbons (Fsp3) is 0.611. The average molecular weight is 358 g/mol. The predicted molar refractivity (Wildman–Crippen MR) is 89.0 cm³/mol. The number of benzene rings is 1. The lowest BCUT2D eigenvalue weighted by molar-refractivity contribution is -0.137. The van der Waals surface area contributed by atoms with E-state index in [9.17, 15) is 18.0 Å². The summed E-state index contributed by atoms with van der Waals surface area (Å²) >= 11 is 0. The Hall–Kier alpha value is -1.60. The number of rotatable bonds is 6. The molecule has 0 N–H and O–H groups in total. The van der Waals surface area contributed by atoms with Crippen molar-refractivity contribution < 1.29 is 22.7 Å². The zero-order valence-electron chi connectivity index (χ0n) is 14.7. The fourth-order valence-electron chi connectivity index (χ4n) is 3.17. The molecule has 2 rings (SSSR count). The first-order valence-electron chi connectivity index (χ1n) is 8.44. The minimum Gasteiger partial charge on any atom is -0.384 e. The summed E-state index contributed by atoms with van der Waals surface area (Å²) < 4.78 is 43.3. The molecule has 1 heterocycles. The minimum atomic E-state index is -4.32. The number of hydrogen-bond donors (Lipinski definition) is 0. The molecule has 1 aliphatic rings. The summed E-state index contributed by atoms with van der Waals surface area (Å²) in [5.41, 5.74) is 0.0351. The molecule has 4 nitrogen and oxygen atoms in total. The Labute approximate surface area is 146 Å². The van der Waals surface area contributed by atoms with Crippen molar-refractivity contribution in [1.82, 2.24) is 9.80 Å². The fourth-order valence-corrected chi connectivity index (χ4v) is 3.17. The molecule has 0 unspecified atom stereocenters. The molecule has 25 heavy (non-hydrogen) atoms. The van der Waals surface area contributed by atoms with Crippen LogP contribution < -0.4 is 0 Å². The van der Waals surface area contributed by atoms with Gasteiger partial charge < -0.3 is 9.64 Å². The summed E-state index contributed by atoms with van der Waals surface area (Å²) in [4.78, 5) is 15.9. The molecule has 0 saturated carbocycles. The molecule has 1 saturated heterocycles. The SMILES string of the molecule is COCCC(=O)N1CCC(N(C)Cc2cccc(C(F)(F)F)c2)CC1. The number of nitrogens with zero attached hydrogens (tertiary/aromatic N) is 2. The highest BCUT2D eigenvalue weighted by molar-refractivity contribution is 5.76. The molecule has 0 radical (unpaired) electrons. The smallest absolute Gasteiger partial charge is 0.384 e. The number of likely N-dealkylation sites (tertiary alicyclic amines) is 1. The van der Waals surface area contributed by atoms with E-state index in [2.05, 4.69) is 4.90 Å². The highest BCUT2D eigenvalue weighted by atomic mass is 19.4. The summed E-state index contributed by atoms with van der Waals surface area (Å²) in [5.74, 6) is 0.0980. The standard InChI is InChI=1S/C18H25F3N2O2/c1-22(13-14-4-3-5-15(12-14)18(19,20)21)16-6-9-23(10-7-16)17(24)8-11-25-2/h3-5,12,16H,6-11,13H2,1-2H3. The van der Waals surface area contributed by atoms with Crippen molar-refractivity contribution in [3.63, 3.8) is 0 Å². The predicted octanol–water partition coefficient (Wildman–Crippen LogP) is 3.16. The number of methoxy groups -OCH3 is 1. The minimum absolute atomic E-state index is 0.0980. The van der Waals surface area contributed by atoms with Crippen molar-refractivity contribution in [2.45, 2.75) is 38.0 Å². The number of hydrogen-bond acceptors (Lipinski definition) is 3. The zero-order chi connectivity index (χ0) is 18.4. The van der Waals surface area contributed by atoms with Gasteiger partial charge in [0.1, 0.15) is 0 Å². The molecule has 0 atom stereocenters. The Kier molecular flexibility index (Phi) is 6.84. The normalized spacial score (nSPS) is 16.5. The van der Waals surface area contributed by atoms with Crippen LogP contribution in [0.25, 0.3) is 0 Å². The van der Waals surface area contributed by atoms with Gasteiger partial charge in [-0.1, -0.05) is 18.2 Å². The Bertz CT molecular complexity index is 570. The highest BCUT2D eigenvalue weighted by Crippen LogP contribution is 2.30. The van der Waals surface area contributed by atoms with Crippen molar-refractivity contribution in [3.8, 4) is 0 Å². The van der Waals surface area contributed by atoms with Gasteiger partial charge in [0.25, 0.3) is 0 Å². The van der Waals surface area contributed by atoms with Crippen molar-refractivity contribution >= 4 is 5.91 Å². The van der Waals surface area contributed by atoms with Crippen molar-refractivity contribution in [3.05, 3.63) is 35.4 Å². The Morgan fingerprint density at radius 2 is 2.00 bits per heavy atom. The van der Waals surface area contributed by atoms with E-state index in [0.29, 0.717) is 38.2 Å². The number of piperidine rings is 1. The van der Waals surface area contributed by atoms with E-state index in [4.69, 9.17) is 4.74 Å². The van der Waals surface area contributed by atoms with Crippen LogP contribution >= 0.6 is 0 Å². The summed E-state index contributed by atoms with van der Waals surface area (Å²) in [5, 5.41) is 0. The maximum Gasteiger partial charge on any atom is 0.416 e. The van der Waals surface area contributed by atoms with Gasteiger partial charge in [0.15, 0.2) is 0 Å². The van der Waals surface area contributed by atoms with Crippen LogP contribution in [0.15, 0.2) is 24.3 Å². The first kappa shape index (κ1) is 19.7. The topological polar surface area (TPSA) is 32.8 Å². The maximum atomic E-state index is 12.8. The van der Waals surface area contributed by atoms with Crippen LogP contribution in [0.3, 0.4) is 0 Å². The first-order valence-corrected chi connectivity index (χ1v) is 8.44. The lowest BCUT2D eigenvalue weighted by atomic mass is 10.0. The molecule has 1 amide bonds. The molecule has 7 heteroatoms. The van der Waals surface area contributed by atoms with Crippen molar-refractivity contribution in [1.29, 1.82) is 0 Å². The van der Waals surface area contributed by atoms with Gasteiger partial charge in [-0.15, -0.1) is 0 Å². The number of ether oxygens (including phenoxy) is 1. The van der Waals surface area contributed by atoms with E-state index in [-0.39, 0.29) is 11.9 Å². The van der Waals surface area contributed by atoms with Gasteiger partial charge in [-0.3, -0.25) is 9.69 Å². The molecule has 0 aliphatic carbocycles. The zero-order valence-corrected chi connectivity index (χ0v) is 14.7. The second-order valence-electron chi connectivity index (χ2n) is 6.47. The van der Waals surface area contributed by atoms with E-state index >= 15 is 0 Å². The molecule has 140 valence electrons. The Morgan fingerprint density at radius 1 is 1.32 bits per heavy atom. The lowest BCUT2D eigenvalue weighted by Gasteiger charge is -2.37. The van der Waals surface area contributed by atoms with Gasteiger partial charge in [-0.2, -0.15) is 13.2 Å². The van der Waals surface area contributed by atoms with Gasteiger partial charge in [-0.05, 0) is 31.5 Å². The van der Waals surface area contributed by atoms with E-state index in [0.717, 1.165) is 18.9 Å². The first-order chi connectivity index (χ1) is 11.8. The van der Waals surface area contributed by atoms with Gasteiger partial charge in [-0.25, -0.2) is 0 Å². The van der Waals surface area contributed by atoms with Gasteiger partial charge >= 0.3 is 6.18 Å². The Balaban J connectivity index is 1.87. The monoisotopic (exact) mass is 358 g/mol. The number of amides is 1. The largest absolute Gasteiger partial charge is 0.416 e. The highest BCUT2D eigenvalue weighted by Gasteiger charge is 2.30. The van der Waals surface area contributed by atoms with Crippen LogP contribution in [-0.4, -0.2) is 55.6 Å². The maximum absolute atomic E-state index is 12.8. The van der Waals surface area contributed by atoms with Gasteiger partial charge in [0, 0.05) is 32.8 Å². The molecule has 0 aromatic heterocycles. The molecule has 0 spiro atoms. The molecule has 1 aromatic carbocycles. The second-order valence-corrected chi connectivity index (χ2v) is 6.47. The Morgan fingerprint density at radius 3 is 2.60 bits per heavy atom. The summed E-state index contributed by atoms with van der Waals surface area (Å²) in [7, 11) is 3.50. The van der Waals surface area contributed by atoms with Crippen LogP contribution in [-0.2, 0) is 22.3 Å². The average Bonchev–Trinajstić information content (AvgIpc) is 2.59. The third kappa shape index (κ3) is 5.71. The van der Waals surface area contributed by atoms with Crippen LogP contribution in [0.4, 0.5) is 13.2 Å². The van der Waals surface area contributed by atoms with Crippen LogP contribution in [0.2, 0.25) is 0 Å². The number of carbonyl (C=O) groups is 1. The number of alkyl halides is 3. The quantitative estimate of drug-likeness (QED) is 0.783. The van der Waals surface area contributed by atoms with Crippen LogP contribution in [0, 0.1) is 0 Å². The van der Waals surface area contributed by atoms with Crippen molar-refractivity contribution in [2.24, 2.45) is 0 Å². The molecular formula is C18H25F3N2O2. The lowest BCUT2D eigenvalue weighted by Crippen LogP contribution is -2.45. The van der Waals surface area contributed by atoms with Crippen LogP contribution in [0.5, 0.6) is 0 Å². The van der Waals surface area contributed by atoms with E-state index < -0.39 is 11.7 Å². The summed E-state index contributed by atoms with van der Waals surface area (Å²) in [6.07, 6.45) is -2.27. The van der Waals surface area contributed by atoms with Gasteiger partial charge in [0.05, 0.1) is 18.6 Å².